The van der Waals surface area contributed by atoms with E-state index in [2.05, 4.69) is 30.6 Å². The number of rotatable bonds is 4. The summed E-state index contributed by atoms with van der Waals surface area (Å²) in [6, 6.07) is 10.6. The van der Waals surface area contributed by atoms with Crippen LogP contribution in [-0.2, 0) is 0 Å². The molecule has 2 aromatic heterocycles. The summed E-state index contributed by atoms with van der Waals surface area (Å²) in [5.41, 5.74) is 7.31. The Balaban J connectivity index is 1.62. The summed E-state index contributed by atoms with van der Waals surface area (Å²) in [4.78, 5) is 21.3. The third-order valence-electron chi connectivity index (χ3n) is 6.34. The molecular formula is C25H24F2N5OP. The molecule has 6 nitrogen and oxygen atoms in total. The fourth-order valence-electron chi connectivity index (χ4n) is 4.65. The van der Waals surface area contributed by atoms with Gasteiger partial charge in [0.05, 0.1) is 23.9 Å². The average molecular weight is 479 g/mol. The fourth-order valence-corrected chi connectivity index (χ4v) is 5.04. The van der Waals surface area contributed by atoms with Crippen molar-refractivity contribution in [3.8, 4) is 17.3 Å². The number of hydrogen-bond acceptors (Lipinski definition) is 5. The summed E-state index contributed by atoms with van der Waals surface area (Å²) in [6.07, 6.45) is 4.55. The van der Waals surface area contributed by atoms with Crippen LogP contribution in [0.5, 0.6) is 0 Å². The van der Waals surface area contributed by atoms with Crippen LogP contribution in [0.1, 0.15) is 41.7 Å². The van der Waals surface area contributed by atoms with Gasteiger partial charge in [0.2, 0.25) is 0 Å². The summed E-state index contributed by atoms with van der Waals surface area (Å²) in [5, 5.41) is 12.6. The number of nitriles is 1. The van der Waals surface area contributed by atoms with Crippen LogP contribution >= 0.6 is 9.24 Å². The van der Waals surface area contributed by atoms with E-state index in [9.17, 15) is 18.8 Å². The van der Waals surface area contributed by atoms with E-state index in [1.165, 1.54) is 18.2 Å². The molecule has 174 valence electrons. The van der Waals surface area contributed by atoms with Crippen LogP contribution < -0.4 is 16.4 Å². The molecule has 3 N–H and O–H groups in total. The summed E-state index contributed by atoms with van der Waals surface area (Å²) in [7, 11) is 2.35. The van der Waals surface area contributed by atoms with Crippen LogP contribution in [0, 0.1) is 34.8 Å². The molecule has 1 aromatic carbocycles. The van der Waals surface area contributed by atoms with E-state index in [1.807, 2.05) is 13.0 Å². The van der Waals surface area contributed by atoms with Crippen LogP contribution in [-0.4, -0.2) is 21.9 Å². The van der Waals surface area contributed by atoms with E-state index in [4.69, 9.17) is 5.73 Å². The molecule has 0 bridgehead atoms. The number of carbonyl (C=O) groups excluding carboxylic acids is 1. The second kappa shape index (κ2) is 9.92. The zero-order valence-corrected chi connectivity index (χ0v) is 19.7. The predicted molar refractivity (Wildman–Crippen MR) is 129 cm³/mol. The predicted octanol–water partition coefficient (Wildman–Crippen LogP) is 4.16. The molecule has 1 aliphatic rings. The van der Waals surface area contributed by atoms with E-state index in [1.54, 1.807) is 18.5 Å². The van der Waals surface area contributed by atoms with Gasteiger partial charge in [-0.05, 0) is 59.8 Å². The molecule has 3 aromatic rings. The molecule has 1 aliphatic carbocycles. The Morgan fingerprint density at radius 3 is 2.71 bits per heavy atom. The Bertz CT molecular complexity index is 1250. The van der Waals surface area contributed by atoms with E-state index >= 15 is 0 Å². The van der Waals surface area contributed by atoms with Crippen molar-refractivity contribution in [1.82, 2.24) is 9.97 Å². The standard InChI is InChI=1S/C25H24F2N5OP/c1-13-9-14(10-19(29)16(13)11-28)15-7-8-30-12-21(15)32-25(33)20-6-5-18(27)24(31-20)23-17(26)3-2-4-22(23)34/h2-8,12-14,16,19H,9-10,29,34H2,1H3,(H,32,33)/t13-,14+,16-,19+/m0/s1. The molecule has 0 aliphatic heterocycles. The molecule has 0 spiro atoms. The van der Waals surface area contributed by atoms with Gasteiger partial charge in [-0.3, -0.25) is 9.78 Å². The van der Waals surface area contributed by atoms with Crippen molar-refractivity contribution in [3.05, 3.63) is 71.7 Å². The third kappa shape index (κ3) is 4.68. The highest BCUT2D eigenvalue weighted by molar-refractivity contribution is 7.28. The van der Waals surface area contributed by atoms with Gasteiger partial charge in [0.1, 0.15) is 23.0 Å². The molecule has 5 atom stereocenters. The van der Waals surface area contributed by atoms with Crippen molar-refractivity contribution in [2.45, 2.75) is 31.7 Å². The topological polar surface area (TPSA) is 105 Å². The second-order valence-electron chi connectivity index (χ2n) is 8.61. The maximum atomic E-state index is 14.5. The van der Waals surface area contributed by atoms with Crippen molar-refractivity contribution in [1.29, 1.82) is 5.26 Å². The summed E-state index contributed by atoms with van der Waals surface area (Å²) in [5.74, 6) is -1.99. The smallest absolute Gasteiger partial charge is 0.274 e. The lowest BCUT2D eigenvalue weighted by Gasteiger charge is -2.36. The average Bonchev–Trinajstić information content (AvgIpc) is 2.80. The molecule has 34 heavy (non-hydrogen) atoms. The number of anilines is 1. The van der Waals surface area contributed by atoms with Gasteiger partial charge in [-0.1, -0.05) is 19.1 Å². The largest absolute Gasteiger partial charge is 0.326 e. The van der Waals surface area contributed by atoms with Gasteiger partial charge in [-0.2, -0.15) is 5.26 Å². The van der Waals surface area contributed by atoms with Crippen molar-refractivity contribution >= 4 is 26.1 Å². The lowest BCUT2D eigenvalue weighted by Crippen LogP contribution is -2.39. The Morgan fingerprint density at radius 2 is 2.00 bits per heavy atom. The number of amides is 1. The van der Waals surface area contributed by atoms with Gasteiger partial charge in [0.25, 0.3) is 5.91 Å². The second-order valence-corrected chi connectivity index (χ2v) is 9.23. The Kier molecular flexibility index (Phi) is 6.97. The minimum Gasteiger partial charge on any atom is -0.326 e. The van der Waals surface area contributed by atoms with Crippen LogP contribution in [0.4, 0.5) is 14.5 Å². The van der Waals surface area contributed by atoms with Gasteiger partial charge in [0, 0.05) is 17.8 Å². The number of hydrogen-bond donors (Lipinski definition) is 2. The minimum absolute atomic E-state index is 0.0149. The number of benzene rings is 1. The van der Waals surface area contributed by atoms with E-state index < -0.39 is 17.5 Å². The van der Waals surface area contributed by atoms with Crippen LogP contribution in [0.3, 0.4) is 0 Å². The normalized spacial score (nSPS) is 22.1. The lowest BCUT2D eigenvalue weighted by atomic mass is 9.70. The molecule has 4 rings (SSSR count). The Labute approximate surface area is 198 Å². The summed E-state index contributed by atoms with van der Waals surface area (Å²) in [6.45, 7) is 2.01. The zero-order valence-electron chi connectivity index (χ0n) is 18.5. The van der Waals surface area contributed by atoms with Gasteiger partial charge in [-0.25, -0.2) is 13.8 Å². The molecule has 0 saturated heterocycles. The lowest BCUT2D eigenvalue weighted by molar-refractivity contribution is 0.102. The highest BCUT2D eigenvalue weighted by Crippen LogP contribution is 2.41. The van der Waals surface area contributed by atoms with Gasteiger partial charge >= 0.3 is 0 Å². The molecule has 1 saturated carbocycles. The van der Waals surface area contributed by atoms with Crippen LogP contribution in [0.25, 0.3) is 11.3 Å². The van der Waals surface area contributed by atoms with Crippen molar-refractivity contribution < 1.29 is 13.6 Å². The molecule has 0 radical (unpaired) electrons. The SMILES string of the molecule is C[C@H]1C[C@@H](c2ccncc2NC(=O)c2ccc(F)c(-c3c(F)cccc3P)n2)C[C@@H](N)[C@H]1C#N. The number of nitrogens with two attached hydrogens (primary N) is 1. The quantitative estimate of drug-likeness (QED) is 0.547. The number of nitrogens with zero attached hydrogens (tertiary/aromatic N) is 3. The number of halogens is 2. The van der Waals surface area contributed by atoms with Crippen molar-refractivity contribution in [3.63, 3.8) is 0 Å². The monoisotopic (exact) mass is 479 g/mol. The number of pyridine rings is 2. The molecule has 2 heterocycles. The zero-order chi connectivity index (χ0) is 24.4. The first-order valence-corrected chi connectivity index (χ1v) is 11.5. The molecule has 9 heteroatoms. The van der Waals surface area contributed by atoms with E-state index in [0.717, 1.165) is 18.1 Å². The van der Waals surface area contributed by atoms with E-state index in [-0.39, 0.29) is 40.7 Å². The number of aromatic nitrogens is 2. The molecule has 1 unspecified atom stereocenters. The molecular weight excluding hydrogens is 455 g/mol. The Hall–Kier alpha value is -3.27. The van der Waals surface area contributed by atoms with Crippen LogP contribution in [0.15, 0.2) is 48.8 Å². The first-order chi connectivity index (χ1) is 16.3. The highest BCUT2D eigenvalue weighted by atomic mass is 31.0. The number of carbonyl (C=O) groups is 1. The van der Waals surface area contributed by atoms with Gasteiger partial charge < -0.3 is 11.1 Å². The highest BCUT2D eigenvalue weighted by Gasteiger charge is 2.35. The van der Waals surface area contributed by atoms with Crippen molar-refractivity contribution in [2.24, 2.45) is 17.6 Å². The summed E-state index contributed by atoms with van der Waals surface area (Å²) < 4.78 is 28.9. The maximum Gasteiger partial charge on any atom is 0.274 e. The molecule has 1 fully saturated rings. The fraction of sp³-hybridized carbons (Fsp3) is 0.280. The maximum absolute atomic E-state index is 14.5. The van der Waals surface area contributed by atoms with E-state index in [0.29, 0.717) is 17.4 Å². The minimum atomic E-state index is -0.732. The first-order valence-electron chi connectivity index (χ1n) is 10.9. The van der Waals surface area contributed by atoms with Crippen LogP contribution in [0.2, 0.25) is 0 Å². The third-order valence-corrected chi connectivity index (χ3v) is 6.82. The van der Waals surface area contributed by atoms with Gasteiger partial charge in [0.15, 0.2) is 0 Å². The first kappa shape index (κ1) is 23.9. The number of nitrogens with one attached hydrogen (secondary N) is 1. The summed E-state index contributed by atoms with van der Waals surface area (Å²) >= 11 is 0. The Morgan fingerprint density at radius 1 is 1.21 bits per heavy atom. The van der Waals surface area contributed by atoms with Gasteiger partial charge in [-0.15, -0.1) is 9.24 Å². The van der Waals surface area contributed by atoms with Crippen molar-refractivity contribution in [2.75, 3.05) is 5.32 Å². The molecule has 1 amide bonds.